The van der Waals surface area contributed by atoms with E-state index in [0.29, 0.717) is 24.4 Å². The van der Waals surface area contributed by atoms with Crippen LogP contribution in [-0.2, 0) is 4.79 Å². The van der Waals surface area contributed by atoms with E-state index in [-0.39, 0.29) is 11.9 Å². The Morgan fingerprint density at radius 1 is 1.28 bits per heavy atom. The van der Waals surface area contributed by atoms with Gasteiger partial charge in [0.25, 0.3) is 0 Å². The summed E-state index contributed by atoms with van der Waals surface area (Å²) in [5.74, 6) is 0.622. The van der Waals surface area contributed by atoms with Gasteiger partial charge in [-0.15, -0.1) is 0 Å². The van der Waals surface area contributed by atoms with Gasteiger partial charge in [-0.1, -0.05) is 13.8 Å². The molecular formula is C14H27N3O. The van der Waals surface area contributed by atoms with E-state index in [1.165, 1.54) is 12.8 Å². The molecule has 0 radical (unpaired) electrons. The first kappa shape index (κ1) is 13.8. The summed E-state index contributed by atoms with van der Waals surface area (Å²) in [6.07, 6.45) is 4.16. The molecule has 2 heterocycles. The predicted octanol–water partition coefficient (Wildman–Crippen LogP) is 1.05. The summed E-state index contributed by atoms with van der Waals surface area (Å²) >= 11 is 0. The maximum absolute atomic E-state index is 12.3. The minimum absolute atomic E-state index is 0.00401. The molecule has 0 spiro atoms. The lowest BCUT2D eigenvalue weighted by Crippen LogP contribution is -2.42. The highest BCUT2D eigenvalue weighted by Crippen LogP contribution is 2.28. The molecule has 0 saturated carbocycles. The van der Waals surface area contributed by atoms with E-state index in [2.05, 4.69) is 25.8 Å². The Morgan fingerprint density at radius 3 is 2.61 bits per heavy atom. The maximum atomic E-state index is 12.3. The van der Waals surface area contributed by atoms with Crippen LogP contribution >= 0.6 is 0 Å². The average Bonchev–Trinajstić information content (AvgIpc) is 2.52. The monoisotopic (exact) mass is 253 g/mol. The van der Waals surface area contributed by atoms with Crippen molar-refractivity contribution in [3.05, 3.63) is 0 Å². The van der Waals surface area contributed by atoms with Gasteiger partial charge in [-0.25, -0.2) is 0 Å². The van der Waals surface area contributed by atoms with Gasteiger partial charge in [0.15, 0.2) is 0 Å². The fourth-order valence-corrected chi connectivity index (χ4v) is 3.10. The van der Waals surface area contributed by atoms with Crippen molar-refractivity contribution in [3.8, 4) is 0 Å². The minimum Gasteiger partial charge on any atom is -0.341 e. The van der Waals surface area contributed by atoms with Crippen molar-refractivity contribution < 1.29 is 4.79 Å². The summed E-state index contributed by atoms with van der Waals surface area (Å²) in [5.41, 5.74) is 6.01. The third-order valence-electron chi connectivity index (χ3n) is 4.77. The molecule has 3 unspecified atom stereocenters. The van der Waals surface area contributed by atoms with Crippen LogP contribution in [0.5, 0.6) is 0 Å². The fraction of sp³-hybridized carbons (Fsp3) is 0.929. The van der Waals surface area contributed by atoms with Gasteiger partial charge < -0.3 is 10.6 Å². The number of fused-ring (bicyclic) bond motifs is 2. The highest BCUT2D eigenvalue weighted by molar-refractivity contribution is 5.77. The summed E-state index contributed by atoms with van der Waals surface area (Å²) in [6, 6.07) is 1.25. The molecule has 1 amide bonds. The summed E-state index contributed by atoms with van der Waals surface area (Å²) in [5, 5.41) is 0. The molecule has 0 aromatic heterocycles. The van der Waals surface area contributed by atoms with Crippen molar-refractivity contribution in [2.75, 3.05) is 20.1 Å². The standard InChI is InChI=1S/C14H27N3O/c1-10(2)13(15)8-14(18)17-7-6-11-4-5-12(9-17)16(11)3/h10-13H,4-9,15H2,1-3H3. The Morgan fingerprint density at radius 2 is 1.94 bits per heavy atom. The van der Waals surface area contributed by atoms with Crippen molar-refractivity contribution >= 4 is 5.91 Å². The zero-order valence-electron chi connectivity index (χ0n) is 11.9. The van der Waals surface area contributed by atoms with E-state index in [9.17, 15) is 4.79 Å². The number of amides is 1. The molecule has 3 atom stereocenters. The van der Waals surface area contributed by atoms with Crippen LogP contribution in [0.1, 0.15) is 39.5 Å². The van der Waals surface area contributed by atoms with E-state index in [1.54, 1.807) is 0 Å². The highest BCUT2D eigenvalue weighted by Gasteiger charge is 2.36. The van der Waals surface area contributed by atoms with Crippen LogP contribution in [-0.4, -0.2) is 54.0 Å². The normalized spacial score (nSPS) is 30.6. The first-order chi connectivity index (χ1) is 8.49. The maximum Gasteiger partial charge on any atom is 0.224 e. The second-order valence-corrected chi connectivity index (χ2v) is 6.29. The van der Waals surface area contributed by atoms with E-state index in [4.69, 9.17) is 5.73 Å². The quantitative estimate of drug-likeness (QED) is 0.818. The lowest BCUT2D eigenvalue weighted by molar-refractivity contribution is -0.132. The van der Waals surface area contributed by atoms with Crippen molar-refractivity contribution in [3.63, 3.8) is 0 Å². The first-order valence-electron chi connectivity index (χ1n) is 7.24. The van der Waals surface area contributed by atoms with Crippen molar-refractivity contribution in [1.29, 1.82) is 0 Å². The van der Waals surface area contributed by atoms with Crippen LogP contribution in [0.4, 0.5) is 0 Å². The summed E-state index contributed by atoms with van der Waals surface area (Å²) in [7, 11) is 2.20. The number of carbonyl (C=O) groups is 1. The topological polar surface area (TPSA) is 49.6 Å². The van der Waals surface area contributed by atoms with Crippen LogP contribution in [0.2, 0.25) is 0 Å². The number of rotatable bonds is 3. The molecule has 0 aromatic carbocycles. The van der Waals surface area contributed by atoms with Crippen molar-refractivity contribution in [1.82, 2.24) is 9.80 Å². The molecule has 2 bridgehead atoms. The van der Waals surface area contributed by atoms with Crippen LogP contribution in [0, 0.1) is 5.92 Å². The molecule has 104 valence electrons. The summed E-state index contributed by atoms with van der Waals surface area (Å²) < 4.78 is 0. The first-order valence-corrected chi connectivity index (χ1v) is 7.24. The number of hydrogen-bond acceptors (Lipinski definition) is 3. The van der Waals surface area contributed by atoms with Gasteiger partial charge >= 0.3 is 0 Å². The Bertz CT molecular complexity index is 305. The average molecular weight is 253 g/mol. The van der Waals surface area contributed by atoms with E-state index in [1.807, 2.05) is 4.90 Å². The highest BCUT2D eigenvalue weighted by atomic mass is 16.2. The molecule has 2 aliphatic heterocycles. The number of carbonyl (C=O) groups excluding carboxylic acids is 1. The van der Waals surface area contributed by atoms with Gasteiger partial charge in [0.2, 0.25) is 5.91 Å². The Hall–Kier alpha value is -0.610. The molecule has 4 heteroatoms. The van der Waals surface area contributed by atoms with Crippen LogP contribution < -0.4 is 5.73 Å². The SMILES string of the molecule is CC(C)C(N)CC(=O)N1CCC2CCC(C1)N2C. The second-order valence-electron chi connectivity index (χ2n) is 6.29. The second kappa shape index (κ2) is 5.57. The zero-order valence-corrected chi connectivity index (χ0v) is 11.9. The zero-order chi connectivity index (χ0) is 13.3. The predicted molar refractivity (Wildman–Crippen MR) is 73.2 cm³/mol. The Balaban J connectivity index is 1.92. The molecule has 2 rings (SSSR count). The van der Waals surface area contributed by atoms with Gasteiger partial charge in [0, 0.05) is 37.6 Å². The Labute approximate surface area is 110 Å². The van der Waals surface area contributed by atoms with E-state index < -0.39 is 0 Å². The Kier molecular flexibility index (Phi) is 4.28. The van der Waals surface area contributed by atoms with Crippen LogP contribution in [0.25, 0.3) is 0 Å². The number of hydrogen-bond donors (Lipinski definition) is 1. The number of nitrogens with two attached hydrogens (primary N) is 1. The van der Waals surface area contributed by atoms with Gasteiger partial charge in [-0.2, -0.15) is 0 Å². The number of likely N-dealkylation sites (tertiary alicyclic amines) is 1. The number of likely N-dealkylation sites (N-methyl/N-ethyl adjacent to an activating group) is 1. The summed E-state index contributed by atoms with van der Waals surface area (Å²) in [4.78, 5) is 16.8. The van der Waals surface area contributed by atoms with E-state index >= 15 is 0 Å². The van der Waals surface area contributed by atoms with Gasteiger partial charge in [0.05, 0.1) is 0 Å². The molecule has 18 heavy (non-hydrogen) atoms. The fourth-order valence-electron chi connectivity index (χ4n) is 3.10. The third kappa shape index (κ3) is 2.86. The molecular weight excluding hydrogens is 226 g/mol. The largest absolute Gasteiger partial charge is 0.341 e. The molecule has 2 fully saturated rings. The minimum atomic E-state index is -0.00401. The lowest BCUT2D eigenvalue weighted by atomic mass is 10.0. The molecule has 2 saturated heterocycles. The molecule has 4 nitrogen and oxygen atoms in total. The smallest absolute Gasteiger partial charge is 0.224 e. The molecule has 2 N–H and O–H groups in total. The van der Waals surface area contributed by atoms with Gasteiger partial charge in [-0.05, 0) is 32.2 Å². The van der Waals surface area contributed by atoms with E-state index in [0.717, 1.165) is 19.5 Å². The third-order valence-corrected chi connectivity index (χ3v) is 4.77. The van der Waals surface area contributed by atoms with Crippen LogP contribution in [0.3, 0.4) is 0 Å². The van der Waals surface area contributed by atoms with Crippen molar-refractivity contribution in [2.45, 2.75) is 57.7 Å². The van der Waals surface area contributed by atoms with Crippen LogP contribution in [0.15, 0.2) is 0 Å². The number of nitrogens with zero attached hydrogens (tertiary/aromatic N) is 2. The lowest BCUT2D eigenvalue weighted by Gasteiger charge is -2.27. The summed E-state index contributed by atoms with van der Waals surface area (Å²) in [6.45, 7) is 5.97. The van der Waals surface area contributed by atoms with Gasteiger partial charge in [0.1, 0.15) is 0 Å². The molecule has 0 aromatic rings. The van der Waals surface area contributed by atoms with Gasteiger partial charge in [-0.3, -0.25) is 9.69 Å². The molecule has 0 aliphatic carbocycles. The molecule has 2 aliphatic rings. The van der Waals surface area contributed by atoms with Crippen molar-refractivity contribution in [2.24, 2.45) is 11.7 Å².